The predicted octanol–water partition coefficient (Wildman–Crippen LogP) is 0.0560. The van der Waals surface area contributed by atoms with Crippen LogP contribution in [0.15, 0.2) is 33.6 Å². The zero-order chi connectivity index (χ0) is 14.6. The maximum Gasteiger partial charge on any atom is 0.322 e. The summed E-state index contributed by atoms with van der Waals surface area (Å²) in [4.78, 5) is 21.5. The molecule has 1 aromatic rings. The summed E-state index contributed by atoms with van der Waals surface area (Å²) in [7, 11) is -4.07. The van der Waals surface area contributed by atoms with E-state index in [9.17, 15) is 18.0 Å². The summed E-state index contributed by atoms with van der Waals surface area (Å²) in [6.45, 7) is 0. The number of halogens is 1. The van der Waals surface area contributed by atoms with Crippen molar-refractivity contribution >= 4 is 37.8 Å². The van der Waals surface area contributed by atoms with Crippen LogP contribution >= 0.6 is 15.9 Å². The molecule has 7 nitrogen and oxygen atoms in total. The SMILES string of the molecule is NC(=O)C[C@@H](NS(=O)(=O)c1ccccc1Br)C(=O)O. The van der Waals surface area contributed by atoms with E-state index in [0.29, 0.717) is 0 Å². The second-order valence-electron chi connectivity index (χ2n) is 3.61. The molecule has 19 heavy (non-hydrogen) atoms. The zero-order valence-corrected chi connectivity index (χ0v) is 11.9. The minimum absolute atomic E-state index is 0.120. The molecule has 1 amide bonds. The Labute approximate surface area is 118 Å². The lowest BCUT2D eigenvalue weighted by molar-refractivity contribution is -0.140. The first-order valence-corrected chi connectivity index (χ1v) is 7.29. The second-order valence-corrected chi connectivity index (χ2v) is 6.15. The topological polar surface area (TPSA) is 127 Å². The van der Waals surface area contributed by atoms with Gasteiger partial charge in [-0.15, -0.1) is 0 Å². The van der Waals surface area contributed by atoms with Gasteiger partial charge in [0.25, 0.3) is 0 Å². The normalized spacial score (nSPS) is 12.9. The van der Waals surface area contributed by atoms with Crippen LogP contribution in [0.1, 0.15) is 6.42 Å². The van der Waals surface area contributed by atoms with Crippen LogP contribution in [0.25, 0.3) is 0 Å². The summed E-state index contributed by atoms with van der Waals surface area (Å²) in [5, 5.41) is 8.86. The van der Waals surface area contributed by atoms with Crippen LogP contribution in [-0.2, 0) is 19.6 Å². The van der Waals surface area contributed by atoms with E-state index >= 15 is 0 Å². The maximum atomic E-state index is 12.0. The Bertz CT molecular complexity index is 602. The molecule has 1 rings (SSSR count). The molecule has 0 heterocycles. The lowest BCUT2D eigenvalue weighted by Crippen LogP contribution is -2.43. The molecule has 1 aromatic carbocycles. The Hall–Kier alpha value is -1.45. The van der Waals surface area contributed by atoms with Gasteiger partial charge in [0.1, 0.15) is 6.04 Å². The first-order chi connectivity index (χ1) is 8.74. The van der Waals surface area contributed by atoms with Gasteiger partial charge in [-0.2, -0.15) is 4.72 Å². The standard InChI is InChI=1S/C10H11BrN2O5S/c11-6-3-1-2-4-8(6)19(17,18)13-7(10(15)16)5-9(12)14/h1-4,7,13H,5H2,(H2,12,14)(H,15,16)/t7-/m1/s1. The second kappa shape index (κ2) is 6.13. The average molecular weight is 351 g/mol. The molecule has 1 atom stereocenters. The van der Waals surface area contributed by atoms with Crippen LogP contribution in [0.2, 0.25) is 0 Å². The molecule has 0 radical (unpaired) electrons. The van der Waals surface area contributed by atoms with Crippen molar-refractivity contribution in [1.29, 1.82) is 0 Å². The molecule has 0 aliphatic rings. The van der Waals surface area contributed by atoms with Gasteiger partial charge in [-0.05, 0) is 28.1 Å². The van der Waals surface area contributed by atoms with E-state index in [1.165, 1.54) is 18.2 Å². The van der Waals surface area contributed by atoms with Crippen molar-refractivity contribution < 1.29 is 23.1 Å². The van der Waals surface area contributed by atoms with Crippen molar-refractivity contribution in [3.63, 3.8) is 0 Å². The number of carboxylic acids is 1. The Morgan fingerprint density at radius 2 is 1.95 bits per heavy atom. The number of carbonyl (C=O) groups is 2. The molecular formula is C10H11BrN2O5S. The van der Waals surface area contributed by atoms with E-state index < -0.39 is 34.4 Å². The average Bonchev–Trinajstić information content (AvgIpc) is 2.27. The van der Waals surface area contributed by atoms with Crippen LogP contribution in [0.5, 0.6) is 0 Å². The summed E-state index contributed by atoms with van der Waals surface area (Å²) in [6.07, 6.45) is -0.626. The number of carbonyl (C=O) groups excluding carboxylic acids is 1. The lowest BCUT2D eigenvalue weighted by Gasteiger charge is -2.14. The number of hydrogen-bond donors (Lipinski definition) is 3. The van der Waals surface area contributed by atoms with Gasteiger partial charge in [-0.25, -0.2) is 8.42 Å². The smallest absolute Gasteiger partial charge is 0.322 e. The Kier molecular flexibility index (Phi) is 5.04. The van der Waals surface area contributed by atoms with Gasteiger partial charge in [0, 0.05) is 4.47 Å². The Morgan fingerprint density at radius 3 is 2.42 bits per heavy atom. The summed E-state index contributed by atoms with van der Waals surface area (Å²) in [5.41, 5.74) is 4.87. The molecule has 0 aliphatic heterocycles. The van der Waals surface area contributed by atoms with Gasteiger partial charge in [-0.1, -0.05) is 12.1 Å². The molecule has 0 aromatic heterocycles. The Morgan fingerprint density at radius 1 is 1.37 bits per heavy atom. The van der Waals surface area contributed by atoms with Gasteiger partial charge < -0.3 is 10.8 Å². The van der Waals surface area contributed by atoms with Gasteiger partial charge in [0.05, 0.1) is 11.3 Å². The molecule has 0 unspecified atom stereocenters. The van der Waals surface area contributed by atoms with Crippen molar-refractivity contribution in [2.45, 2.75) is 17.4 Å². The molecule has 9 heteroatoms. The highest BCUT2D eigenvalue weighted by molar-refractivity contribution is 9.10. The fourth-order valence-corrected chi connectivity index (χ4v) is 3.49. The van der Waals surface area contributed by atoms with Gasteiger partial charge in [-0.3, -0.25) is 9.59 Å². The number of nitrogens with one attached hydrogen (secondary N) is 1. The minimum atomic E-state index is -4.07. The van der Waals surface area contributed by atoms with Gasteiger partial charge >= 0.3 is 5.97 Å². The van der Waals surface area contributed by atoms with E-state index in [-0.39, 0.29) is 9.37 Å². The number of amides is 1. The van der Waals surface area contributed by atoms with E-state index in [2.05, 4.69) is 15.9 Å². The third kappa shape index (κ3) is 4.30. The minimum Gasteiger partial charge on any atom is -0.480 e. The number of carboxylic acid groups (broad SMARTS) is 1. The summed E-state index contributed by atoms with van der Waals surface area (Å²) in [5.74, 6) is -2.39. The number of rotatable bonds is 6. The number of hydrogen-bond acceptors (Lipinski definition) is 4. The first kappa shape index (κ1) is 15.6. The van der Waals surface area contributed by atoms with E-state index in [0.717, 1.165) is 0 Å². The van der Waals surface area contributed by atoms with E-state index in [4.69, 9.17) is 10.8 Å². The highest BCUT2D eigenvalue weighted by Crippen LogP contribution is 2.21. The molecule has 0 saturated heterocycles. The van der Waals surface area contributed by atoms with Gasteiger partial charge in [0.15, 0.2) is 0 Å². The van der Waals surface area contributed by atoms with Crippen molar-refractivity contribution in [2.24, 2.45) is 5.73 Å². The van der Waals surface area contributed by atoms with Crippen LogP contribution < -0.4 is 10.5 Å². The Balaban J connectivity index is 3.04. The fraction of sp³-hybridized carbons (Fsp3) is 0.200. The number of nitrogens with two attached hydrogens (primary N) is 1. The van der Waals surface area contributed by atoms with Crippen LogP contribution in [0.3, 0.4) is 0 Å². The molecule has 0 spiro atoms. The molecule has 4 N–H and O–H groups in total. The van der Waals surface area contributed by atoms with Crippen LogP contribution in [0, 0.1) is 0 Å². The number of sulfonamides is 1. The highest BCUT2D eigenvalue weighted by Gasteiger charge is 2.27. The molecule has 0 fully saturated rings. The molecular weight excluding hydrogens is 340 g/mol. The molecule has 0 bridgehead atoms. The predicted molar refractivity (Wildman–Crippen MR) is 69.7 cm³/mol. The maximum absolute atomic E-state index is 12.0. The largest absolute Gasteiger partial charge is 0.480 e. The van der Waals surface area contributed by atoms with E-state index in [1.807, 2.05) is 4.72 Å². The van der Waals surface area contributed by atoms with Crippen molar-refractivity contribution in [3.8, 4) is 0 Å². The summed E-state index contributed by atoms with van der Waals surface area (Å²) >= 11 is 3.05. The fourth-order valence-electron chi connectivity index (χ4n) is 1.29. The first-order valence-electron chi connectivity index (χ1n) is 5.02. The van der Waals surface area contributed by atoms with Crippen molar-refractivity contribution in [1.82, 2.24) is 4.72 Å². The monoisotopic (exact) mass is 350 g/mol. The lowest BCUT2D eigenvalue weighted by atomic mass is 10.2. The van der Waals surface area contributed by atoms with Crippen LogP contribution in [0.4, 0.5) is 0 Å². The number of benzene rings is 1. The highest BCUT2D eigenvalue weighted by atomic mass is 79.9. The molecule has 0 aliphatic carbocycles. The quantitative estimate of drug-likeness (QED) is 0.668. The molecule has 0 saturated carbocycles. The van der Waals surface area contributed by atoms with Gasteiger partial charge in [0.2, 0.25) is 15.9 Å². The third-order valence-electron chi connectivity index (χ3n) is 2.13. The molecule has 104 valence electrons. The number of aliphatic carboxylic acids is 1. The summed E-state index contributed by atoms with van der Waals surface area (Å²) < 4.78 is 26.2. The van der Waals surface area contributed by atoms with Crippen molar-refractivity contribution in [2.75, 3.05) is 0 Å². The number of primary amides is 1. The summed E-state index contributed by atoms with van der Waals surface area (Å²) in [6, 6.07) is 4.30. The van der Waals surface area contributed by atoms with E-state index in [1.54, 1.807) is 6.07 Å². The third-order valence-corrected chi connectivity index (χ3v) is 4.61. The van der Waals surface area contributed by atoms with Crippen LogP contribution in [-0.4, -0.2) is 31.4 Å². The zero-order valence-electron chi connectivity index (χ0n) is 9.54. The van der Waals surface area contributed by atoms with Crippen molar-refractivity contribution in [3.05, 3.63) is 28.7 Å².